The Morgan fingerprint density at radius 2 is 2.08 bits per heavy atom. The largest absolute Gasteiger partial charge is 0.465 e. The predicted molar refractivity (Wildman–Crippen MR) is 95.6 cm³/mol. The number of methoxy groups -OCH3 is 1. The molecule has 0 bridgehead atoms. The Balaban J connectivity index is 2.05. The molecule has 25 heavy (non-hydrogen) atoms. The first-order chi connectivity index (χ1) is 11.9. The van der Waals surface area contributed by atoms with Gasteiger partial charge < -0.3 is 10.1 Å². The second-order valence-corrected chi connectivity index (χ2v) is 6.25. The van der Waals surface area contributed by atoms with Gasteiger partial charge in [-0.2, -0.15) is 5.26 Å². The number of esters is 1. The third kappa shape index (κ3) is 4.81. The van der Waals surface area contributed by atoms with Crippen molar-refractivity contribution in [2.24, 2.45) is 0 Å². The Kier molecular flexibility index (Phi) is 6.14. The molecule has 0 saturated heterocycles. The van der Waals surface area contributed by atoms with E-state index in [-0.39, 0.29) is 11.7 Å². The van der Waals surface area contributed by atoms with Crippen LogP contribution in [-0.4, -0.2) is 29.7 Å². The van der Waals surface area contributed by atoms with E-state index in [1.165, 1.54) is 18.9 Å². The smallest absolute Gasteiger partial charge is 0.337 e. The van der Waals surface area contributed by atoms with E-state index in [1.54, 1.807) is 24.3 Å². The van der Waals surface area contributed by atoms with Crippen molar-refractivity contribution in [1.82, 2.24) is 4.98 Å². The van der Waals surface area contributed by atoms with E-state index in [4.69, 9.17) is 0 Å². The average molecular weight is 355 g/mol. The molecule has 1 N–H and O–H groups in total. The first kappa shape index (κ1) is 18.5. The molecule has 0 fully saturated rings. The molecular formula is C18H17N3O3S. The summed E-state index contributed by atoms with van der Waals surface area (Å²) in [6.07, 6.45) is 0. The fourth-order valence-corrected chi connectivity index (χ4v) is 3.12. The maximum Gasteiger partial charge on any atom is 0.337 e. The fraction of sp³-hybridized carbons (Fsp3) is 0.222. The fourth-order valence-electron chi connectivity index (χ4n) is 2.22. The standard InChI is InChI=1S/C18H17N3O3S/c1-11-7-12(2)20-17(15(11)9-19)25-10-16(22)21-14-6-4-5-13(8-14)18(23)24-3/h4-8H,10H2,1-3H3,(H,21,22). The number of rotatable bonds is 5. The highest BCUT2D eigenvalue weighted by atomic mass is 32.2. The van der Waals surface area contributed by atoms with E-state index in [2.05, 4.69) is 21.1 Å². The van der Waals surface area contributed by atoms with Crippen LogP contribution >= 0.6 is 11.8 Å². The van der Waals surface area contributed by atoms with Crippen LogP contribution in [0.2, 0.25) is 0 Å². The van der Waals surface area contributed by atoms with Gasteiger partial charge in [0.05, 0.1) is 24.0 Å². The van der Waals surface area contributed by atoms with E-state index in [0.717, 1.165) is 11.3 Å². The van der Waals surface area contributed by atoms with Crippen molar-refractivity contribution in [3.05, 3.63) is 52.7 Å². The number of amides is 1. The van der Waals surface area contributed by atoms with Crippen LogP contribution in [0.5, 0.6) is 0 Å². The van der Waals surface area contributed by atoms with Gasteiger partial charge in [-0.1, -0.05) is 17.8 Å². The number of benzene rings is 1. The van der Waals surface area contributed by atoms with Gasteiger partial charge >= 0.3 is 5.97 Å². The summed E-state index contributed by atoms with van der Waals surface area (Å²) < 4.78 is 4.65. The van der Waals surface area contributed by atoms with Crippen molar-refractivity contribution < 1.29 is 14.3 Å². The molecule has 0 radical (unpaired) electrons. The molecule has 0 aliphatic heterocycles. The zero-order valence-electron chi connectivity index (χ0n) is 14.1. The summed E-state index contributed by atoms with van der Waals surface area (Å²) in [6.45, 7) is 3.69. The van der Waals surface area contributed by atoms with Crippen LogP contribution in [0.1, 0.15) is 27.2 Å². The summed E-state index contributed by atoms with van der Waals surface area (Å²) in [5, 5.41) is 12.5. The van der Waals surface area contributed by atoms with Gasteiger partial charge in [-0.05, 0) is 43.7 Å². The molecule has 7 heteroatoms. The van der Waals surface area contributed by atoms with Crippen LogP contribution in [-0.2, 0) is 9.53 Å². The number of ether oxygens (including phenoxy) is 1. The number of hydrogen-bond donors (Lipinski definition) is 1. The Hall–Kier alpha value is -2.85. The van der Waals surface area contributed by atoms with Crippen LogP contribution < -0.4 is 5.32 Å². The van der Waals surface area contributed by atoms with Crippen LogP contribution in [0.15, 0.2) is 35.4 Å². The van der Waals surface area contributed by atoms with E-state index < -0.39 is 5.97 Å². The van der Waals surface area contributed by atoms with Gasteiger partial charge in [0.25, 0.3) is 0 Å². The van der Waals surface area contributed by atoms with Crippen LogP contribution in [0.4, 0.5) is 5.69 Å². The molecule has 2 aromatic rings. The summed E-state index contributed by atoms with van der Waals surface area (Å²) >= 11 is 1.21. The van der Waals surface area contributed by atoms with Crippen LogP contribution in [0, 0.1) is 25.2 Å². The number of nitrogens with one attached hydrogen (secondary N) is 1. The summed E-state index contributed by atoms with van der Waals surface area (Å²) in [6, 6.07) is 10.5. The summed E-state index contributed by atoms with van der Waals surface area (Å²) in [5.41, 5.74) is 2.98. The maximum atomic E-state index is 12.1. The highest BCUT2D eigenvalue weighted by Gasteiger charge is 2.12. The lowest BCUT2D eigenvalue weighted by molar-refractivity contribution is -0.113. The van der Waals surface area contributed by atoms with Crippen molar-refractivity contribution in [2.75, 3.05) is 18.2 Å². The summed E-state index contributed by atoms with van der Waals surface area (Å²) in [5.74, 6) is -0.618. The first-order valence-electron chi connectivity index (χ1n) is 7.44. The van der Waals surface area contributed by atoms with Gasteiger partial charge in [-0.15, -0.1) is 0 Å². The maximum absolute atomic E-state index is 12.1. The van der Waals surface area contributed by atoms with Gasteiger partial charge in [0, 0.05) is 11.4 Å². The number of pyridine rings is 1. The van der Waals surface area contributed by atoms with Crippen LogP contribution in [0.3, 0.4) is 0 Å². The lowest BCUT2D eigenvalue weighted by atomic mass is 10.1. The number of hydrogen-bond acceptors (Lipinski definition) is 6. The van der Waals surface area contributed by atoms with Gasteiger partial charge in [-0.3, -0.25) is 4.79 Å². The molecule has 0 saturated carbocycles. The number of carbonyl (C=O) groups excluding carboxylic acids is 2. The second-order valence-electron chi connectivity index (χ2n) is 5.28. The van der Waals surface area contributed by atoms with Gasteiger partial charge in [0.2, 0.25) is 5.91 Å². The molecule has 1 aromatic carbocycles. The monoisotopic (exact) mass is 355 g/mol. The molecule has 0 spiro atoms. The molecule has 128 valence electrons. The van der Waals surface area contributed by atoms with Gasteiger partial charge in [0.1, 0.15) is 11.1 Å². The summed E-state index contributed by atoms with van der Waals surface area (Å²) in [7, 11) is 1.30. The van der Waals surface area contributed by atoms with Gasteiger partial charge in [0.15, 0.2) is 0 Å². The number of aryl methyl sites for hydroxylation is 2. The summed E-state index contributed by atoms with van der Waals surface area (Å²) in [4.78, 5) is 28.0. The third-order valence-electron chi connectivity index (χ3n) is 3.33. The van der Waals surface area contributed by atoms with Gasteiger partial charge in [-0.25, -0.2) is 9.78 Å². The molecule has 2 rings (SSSR count). The van der Waals surface area contributed by atoms with Crippen molar-refractivity contribution in [1.29, 1.82) is 5.26 Å². The second kappa shape index (κ2) is 8.31. The average Bonchev–Trinajstić information content (AvgIpc) is 2.59. The Bertz CT molecular complexity index is 859. The van der Waals surface area contributed by atoms with E-state index in [9.17, 15) is 14.9 Å². The SMILES string of the molecule is COC(=O)c1cccc(NC(=O)CSc2nc(C)cc(C)c2C#N)c1. The van der Waals surface area contributed by atoms with Crippen molar-refractivity contribution in [3.8, 4) is 6.07 Å². The first-order valence-corrected chi connectivity index (χ1v) is 8.42. The minimum atomic E-state index is -0.469. The zero-order chi connectivity index (χ0) is 18.4. The van der Waals surface area contributed by atoms with E-state index in [1.807, 2.05) is 19.9 Å². The number of nitriles is 1. The highest BCUT2D eigenvalue weighted by Crippen LogP contribution is 2.23. The van der Waals surface area contributed by atoms with Crippen LogP contribution in [0.25, 0.3) is 0 Å². The normalized spacial score (nSPS) is 10.0. The highest BCUT2D eigenvalue weighted by molar-refractivity contribution is 8.00. The Morgan fingerprint density at radius 3 is 2.76 bits per heavy atom. The third-order valence-corrected chi connectivity index (χ3v) is 4.31. The lowest BCUT2D eigenvalue weighted by Crippen LogP contribution is -2.15. The zero-order valence-corrected chi connectivity index (χ0v) is 14.9. The number of carbonyl (C=O) groups is 2. The molecule has 1 heterocycles. The van der Waals surface area contributed by atoms with Crippen molar-refractivity contribution in [3.63, 3.8) is 0 Å². The number of thioether (sulfide) groups is 1. The molecule has 0 unspecified atom stereocenters. The van der Waals surface area contributed by atoms with E-state index in [0.29, 0.717) is 21.8 Å². The minimum Gasteiger partial charge on any atom is -0.465 e. The molecule has 6 nitrogen and oxygen atoms in total. The molecular weight excluding hydrogens is 338 g/mol. The molecule has 0 aliphatic carbocycles. The molecule has 0 aliphatic rings. The number of anilines is 1. The number of nitrogens with zero attached hydrogens (tertiary/aromatic N) is 2. The molecule has 1 aromatic heterocycles. The quantitative estimate of drug-likeness (QED) is 0.654. The van der Waals surface area contributed by atoms with E-state index >= 15 is 0 Å². The molecule has 0 atom stereocenters. The van der Waals surface area contributed by atoms with Crippen molar-refractivity contribution in [2.45, 2.75) is 18.9 Å². The minimum absolute atomic E-state index is 0.104. The van der Waals surface area contributed by atoms with Crippen molar-refractivity contribution >= 4 is 29.3 Å². The Morgan fingerprint density at radius 1 is 1.32 bits per heavy atom. The predicted octanol–water partition coefficient (Wildman–Crippen LogP) is 3.09. The number of aromatic nitrogens is 1. The lowest BCUT2D eigenvalue weighted by Gasteiger charge is -2.09. The Labute approximate surface area is 150 Å². The topological polar surface area (TPSA) is 92.1 Å². The molecule has 1 amide bonds.